The maximum absolute atomic E-state index is 11.7. The summed E-state index contributed by atoms with van der Waals surface area (Å²) in [6, 6.07) is 9.74. The Hall–Kier alpha value is -2.35. The van der Waals surface area contributed by atoms with Gasteiger partial charge >= 0.3 is 0 Å². The van der Waals surface area contributed by atoms with E-state index < -0.39 is 6.04 Å². The molecule has 0 spiro atoms. The minimum atomic E-state index is -0.670. The molecule has 1 atom stereocenters. The van der Waals surface area contributed by atoms with E-state index in [0.717, 1.165) is 0 Å². The zero-order valence-electron chi connectivity index (χ0n) is 9.43. The lowest BCUT2D eigenvalue weighted by Gasteiger charge is -2.12. The molecule has 0 radical (unpaired) electrons. The summed E-state index contributed by atoms with van der Waals surface area (Å²) in [5.41, 5.74) is 0.493. The second kappa shape index (κ2) is 6.28. The van der Waals surface area contributed by atoms with Crippen molar-refractivity contribution in [3.63, 3.8) is 0 Å². The van der Waals surface area contributed by atoms with Crippen LogP contribution in [0.4, 0.5) is 0 Å². The highest BCUT2D eigenvalue weighted by Gasteiger charge is 2.15. The topological polar surface area (TPSA) is 82.0 Å². The highest BCUT2D eigenvalue weighted by Crippen LogP contribution is 1.98. The molecule has 5 heteroatoms. The largest absolute Gasteiger partial charge is 0.341 e. The maximum Gasteiger partial charge on any atom is 0.251 e. The summed E-state index contributed by atoms with van der Waals surface area (Å²) in [4.78, 5) is 23.1. The van der Waals surface area contributed by atoms with Crippen LogP contribution in [-0.2, 0) is 4.79 Å². The van der Waals surface area contributed by atoms with E-state index in [4.69, 9.17) is 5.26 Å². The average Bonchev–Trinajstić information content (AvgIpc) is 2.36. The maximum atomic E-state index is 11.7. The third-order valence-corrected chi connectivity index (χ3v) is 2.12. The lowest BCUT2D eigenvalue weighted by Crippen LogP contribution is -2.44. The van der Waals surface area contributed by atoms with Crippen LogP contribution in [0.15, 0.2) is 30.3 Å². The van der Waals surface area contributed by atoms with Crippen molar-refractivity contribution in [3.8, 4) is 6.07 Å². The van der Waals surface area contributed by atoms with Crippen LogP contribution in [0, 0.1) is 11.3 Å². The van der Waals surface area contributed by atoms with E-state index in [1.54, 1.807) is 43.3 Å². The van der Waals surface area contributed by atoms with E-state index in [9.17, 15) is 9.59 Å². The van der Waals surface area contributed by atoms with Crippen LogP contribution in [0.3, 0.4) is 0 Å². The quantitative estimate of drug-likeness (QED) is 0.738. The smallest absolute Gasteiger partial charge is 0.251 e. The highest BCUT2D eigenvalue weighted by molar-refractivity contribution is 5.97. The number of nitriles is 1. The molecule has 0 saturated heterocycles. The van der Waals surface area contributed by atoms with Crippen LogP contribution in [-0.4, -0.2) is 24.4 Å². The van der Waals surface area contributed by atoms with Gasteiger partial charge in [-0.1, -0.05) is 18.2 Å². The fraction of sp³-hybridized carbons (Fsp3) is 0.250. The van der Waals surface area contributed by atoms with E-state index in [0.29, 0.717) is 5.56 Å². The fourth-order valence-electron chi connectivity index (χ4n) is 1.21. The summed E-state index contributed by atoms with van der Waals surface area (Å²) in [7, 11) is 0. The minimum Gasteiger partial charge on any atom is -0.341 e. The third-order valence-electron chi connectivity index (χ3n) is 2.12. The van der Waals surface area contributed by atoms with Crippen molar-refractivity contribution in [2.24, 2.45) is 0 Å². The number of hydrogen-bond acceptors (Lipinski definition) is 3. The van der Waals surface area contributed by atoms with Crippen molar-refractivity contribution in [3.05, 3.63) is 35.9 Å². The van der Waals surface area contributed by atoms with Gasteiger partial charge in [0.1, 0.15) is 12.6 Å². The van der Waals surface area contributed by atoms with Gasteiger partial charge in [-0.3, -0.25) is 9.59 Å². The first kappa shape index (κ1) is 12.7. The standard InChI is InChI=1S/C12H13N3O2/c1-9(11(16)14-8-7-13)15-12(17)10-5-3-2-4-6-10/h2-6,9H,8H2,1H3,(H,14,16)(H,15,17). The van der Waals surface area contributed by atoms with Crippen molar-refractivity contribution in [2.45, 2.75) is 13.0 Å². The average molecular weight is 231 g/mol. The summed E-state index contributed by atoms with van der Waals surface area (Å²) < 4.78 is 0. The lowest BCUT2D eigenvalue weighted by atomic mass is 10.2. The van der Waals surface area contributed by atoms with Gasteiger partial charge in [0.25, 0.3) is 5.91 Å². The Balaban J connectivity index is 2.52. The number of benzene rings is 1. The van der Waals surface area contributed by atoms with Gasteiger partial charge in [-0.15, -0.1) is 0 Å². The van der Waals surface area contributed by atoms with Crippen molar-refractivity contribution >= 4 is 11.8 Å². The molecule has 0 aliphatic heterocycles. The molecule has 0 fully saturated rings. The second-order valence-corrected chi connectivity index (χ2v) is 3.44. The Morgan fingerprint density at radius 3 is 2.59 bits per heavy atom. The van der Waals surface area contributed by atoms with E-state index in [1.165, 1.54) is 0 Å². The fourth-order valence-corrected chi connectivity index (χ4v) is 1.21. The molecule has 0 aliphatic carbocycles. The Kier molecular flexibility index (Phi) is 4.70. The van der Waals surface area contributed by atoms with Gasteiger partial charge in [0, 0.05) is 5.56 Å². The molecule has 0 bridgehead atoms. The predicted molar refractivity (Wildman–Crippen MR) is 62.0 cm³/mol. The zero-order chi connectivity index (χ0) is 12.7. The third kappa shape index (κ3) is 3.95. The minimum absolute atomic E-state index is 0.0651. The first-order valence-electron chi connectivity index (χ1n) is 5.15. The summed E-state index contributed by atoms with van der Waals surface area (Å²) in [6.45, 7) is 1.50. The van der Waals surface area contributed by atoms with Gasteiger partial charge < -0.3 is 10.6 Å². The SMILES string of the molecule is CC(NC(=O)c1ccccc1)C(=O)NCC#N. The van der Waals surface area contributed by atoms with Crippen molar-refractivity contribution < 1.29 is 9.59 Å². The Morgan fingerprint density at radius 2 is 2.00 bits per heavy atom. The highest BCUT2D eigenvalue weighted by atomic mass is 16.2. The van der Waals surface area contributed by atoms with Gasteiger partial charge in [0.15, 0.2) is 0 Å². The Labute approximate surface area is 99.4 Å². The first-order chi connectivity index (χ1) is 8.15. The van der Waals surface area contributed by atoms with Crippen molar-refractivity contribution in [1.82, 2.24) is 10.6 Å². The zero-order valence-corrected chi connectivity index (χ0v) is 9.43. The normalized spacial score (nSPS) is 11.1. The number of hydrogen-bond donors (Lipinski definition) is 2. The van der Waals surface area contributed by atoms with Crippen LogP contribution in [0.5, 0.6) is 0 Å². The molecule has 17 heavy (non-hydrogen) atoms. The van der Waals surface area contributed by atoms with Gasteiger partial charge in [-0.25, -0.2) is 0 Å². The van der Waals surface area contributed by atoms with E-state index in [2.05, 4.69) is 10.6 Å². The molecule has 0 heterocycles. The number of carbonyl (C=O) groups excluding carboxylic acids is 2. The number of nitrogens with zero attached hydrogens (tertiary/aromatic N) is 1. The molecule has 88 valence electrons. The molecule has 0 saturated carbocycles. The van der Waals surface area contributed by atoms with Crippen molar-refractivity contribution in [2.75, 3.05) is 6.54 Å². The second-order valence-electron chi connectivity index (χ2n) is 3.44. The predicted octanol–water partition coefficient (Wildman–Crippen LogP) is 0.445. The molecule has 5 nitrogen and oxygen atoms in total. The molecule has 1 aromatic carbocycles. The van der Waals surface area contributed by atoms with Crippen LogP contribution < -0.4 is 10.6 Å². The van der Waals surface area contributed by atoms with Crippen molar-refractivity contribution in [1.29, 1.82) is 5.26 Å². The van der Waals surface area contributed by atoms with Gasteiger partial charge in [0.2, 0.25) is 5.91 Å². The van der Waals surface area contributed by atoms with E-state index in [-0.39, 0.29) is 18.4 Å². The molecular formula is C12H13N3O2. The van der Waals surface area contributed by atoms with E-state index in [1.807, 2.05) is 0 Å². The number of rotatable bonds is 4. The number of nitrogens with one attached hydrogen (secondary N) is 2. The van der Waals surface area contributed by atoms with Gasteiger partial charge in [0.05, 0.1) is 6.07 Å². The molecule has 1 unspecified atom stereocenters. The molecular weight excluding hydrogens is 218 g/mol. The molecule has 0 aromatic heterocycles. The molecule has 0 aliphatic rings. The van der Waals surface area contributed by atoms with Crippen LogP contribution in [0.25, 0.3) is 0 Å². The van der Waals surface area contributed by atoms with Gasteiger partial charge in [-0.05, 0) is 19.1 Å². The summed E-state index contributed by atoms with van der Waals surface area (Å²) in [6.07, 6.45) is 0. The number of carbonyl (C=O) groups is 2. The molecule has 2 N–H and O–H groups in total. The molecule has 1 aromatic rings. The Bertz CT molecular complexity index is 437. The Morgan fingerprint density at radius 1 is 1.35 bits per heavy atom. The first-order valence-corrected chi connectivity index (χ1v) is 5.15. The van der Waals surface area contributed by atoms with Crippen LogP contribution in [0.1, 0.15) is 17.3 Å². The monoisotopic (exact) mass is 231 g/mol. The summed E-state index contributed by atoms with van der Waals surface area (Å²) in [5.74, 6) is -0.693. The van der Waals surface area contributed by atoms with Crippen LogP contribution >= 0.6 is 0 Å². The number of amides is 2. The molecule has 1 rings (SSSR count). The van der Waals surface area contributed by atoms with Gasteiger partial charge in [-0.2, -0.15) is 5.26 Å². The molecule has 2 amide bonds. The summed E-state index contributed by atoms with van der Waals surface area (Å²) in [5, 5.41) is 13.2. The van der Waals surface area contributed by atoms with Crippen LogP contribution in [0.2, 0.25) is 0 Å². The lowest BCUT2D eigenvalue weighted by molar-refractivity contribution is -0.122. The summed E-state index contributed by atoms with van der Waals surface area (Å²) >= 11 is 0. The van der Waals surface area contributed by atoms with E-state index >= 15 is 0 Å².